The van der Waals surface area contributed by atoms with Crippen LogP contribution in [0.5, 0.6) is 0 Å². The summed E-state index contributed by atoms with van der Waals surface area (Å²) in [5.74, 6) is 0. The zero-order chi connectivity index (χ0) is 18.8. The molecule has 0 aliphatic carbocycles. The fourth-order valence-corrected chi connectivity index (χ4v) is 2.47. The predicted molar refractivity (Wildman–Crippen MR) is 112 cm³/mol. The van der Waals surface area contributed by atoms with E-state index in [9.17, 15) is 0 Å². The number of ether oxygens (including phenoxy) is 3. The monoisotopic (exact) mass is 372 g/mol. The average Bonchev–Trinajstić information content (AvgIpc) is 2.72. The average molecular weight is 373 g/mol. The number of hydrogen-bond donors (Lipinski definition) is 2. The van der Waals surface area contributed by atoms with Gasteiger partial charge in [0.1, 0.15) is 0 Å². The summed E-state index contributed by atoms with van der Waals surface area (Å²) in [6.45, 7) is 5.81. The van der Waals surface area contributed by atoms with E-state index < -0.39 is 0 Å². The maximum Gasteiger partial charge on any atom is 0.0701 e. The fraction of sp³-hybridized carbons (Fsp3) is 0.455. The van der Waals surface area contributed by atoms with Crippen LogP contribution in [0.3, 0.4) is 0 Å². The van der Waals surface area contributed by atoms with Crippen molar-refractivity contribution in [2.75, 3.05) is 63.4 Å². The van der Waals surface area contributed by atoms with E-state index in [4.69, 9.17) is 14.2 Å². The molecule has 0 unspecified atom stereocenters. The highest BCUT2D eigenvalue weighted by Crippen LogP contribution is 2.05. The number of nitrogens with one attached hydrogen (secondary N) is 2. The van der Waals surface area contributed by atoms with Crippen LogP contribution in [0.4, 0.5) is 11.4 Å². The molecule has 0 amide bonds. The summed E-state index contributed by atoms with van der Waals surface area (Å²) in [5, 5.41) is 6.72. The Kier molecular flexibility index (Phi) is 11.8. The smallest absolute Gasteiger partial charge is 0.0701 e. The van der Waals surface area contributed by atoms with Gasteiger partial charge in [-0.05, 0) is 37.1 Å². The minimum atomic E-state index is 0.616. The predicted octanol–water partition coefficient (Wildman–Crippen LogP) is 4.04. The largest absolute Gasteiger partial charge is 0.385 e. The highest BCUT2D eigenvalue weighted by atomic mass is 16.5. The molecule has 2 rings (SSSR count). The Morgan fingerprint density at radius 1 is 0.481 bits per heavy atom. The Hall–Kier alpha value is -2.08. The summed E-state index contributed by atoms with van der Waals surface area (Å²) in [5.41, 5.74) is 2.30. The van der Waals surface area contributed by atoms with Gasteiger partial charge < -0.3 is 24.8 Å². The molecule has 0 saturated heterocycles. The van der Waals surface area contributed by atoms with Crippen LogP contribution in [0.15, 0.2) is 60.7 Å². The van der Waals surface area contributed by atoms with Crippen molar-refractivity contribution in [1.29, 1.82) is 0 Å². The molecule has 0 bridgehead atoms. The van der Waals surface area contributed by atoms with E-state index in [1.165, 1.54) is 0 Å². The number of anilines is 2. The van der Waals surface area contributed by atoms with E-state index in [2.05, 4.69) is 34.9 Å². The van der Waals surface area contributed by atoms with Gasteiger partial charge in [-0.3, -0.25) is 0 Å². The van der Waals surface area contributed by atoms with Crippen LogP contribution in [-0.4, -0.2) is 52.7 Å². The molecule has 0 radical (unpaired) electrons. The third-order valence-electron chi connectivity index (χ3n) is 3.88. The van der Waals surface area contributed by atoms with Crippen LogP contribution in [0.2, 0.25) is 0 Å². The zero-order valence-electron chi connectivity index (χ0n) is 16.1. The van der Waals surface area contributed by atoms with Gasteiger partial charge in [0.2, 0.25) is 0 Å². The molecular weight excluding hydrogens is 340 g/mol. The topological polar surface area (TPSA) is 51.8 Å². The van der Waals surface area contributed by atoms with Crippen molar-refractivity contribution >= 4 is 11.4 Å². The first-order chi connectivity index (χ1) is 13.4. The van der Waals surface area contributed by atoms with Crippen molar-refractivity contribution in [3.05, 3.63) is 60.7 Å². The molecular formula is C22H32N2O3. The third-order valence-corrected chi connectivity index (χ3v) is 3.88. The van der Waals surface area contributed by atoms with Gasteiger partial charge in [-0.2, -0.15) is 0 Å². The van der Waals surface area contributed by atoms with E-state index in [1.807, 2.05) is 36.4 Å². The standard InChI is InChI=1S/C22H32N2O3/c1-3-9-21(10-4-1)23-13-7-15-25-17-19-27-20-18-26-16-8-14-24-22-11-5-2-6-12-22/h1-6,9-12,23-24H,7-8,13-20H2. The first-order valence-corrected chi connectivity index (χ1v) is 9.76. The SMILES string of the molecule is c1ccc(NCCCOCCOCCOCCCNc2ccccc2)cc1. The molecule has 27 heavy (non-hydrogen) atoms. The van der Waals surface area contributed by atoms with Crippen molar-refractivity contribution < 1.29 is 14.2 Å². The second kappa shape index (κ2) is 15.0. The van der Waals surface area contributed by atoms with Gasteiger partial charge in [0.15, 0.2) is 0 Å². The Bertz CT molecular complexity index is 515. The summed E-state index contributed by atoms with van der Waals surface area (Å²) in [6.07, 6.45) is 1.96. The molecule has 0 saturated carbocycles. The Morgan fingerprint density at radius 3 is 1.26 bits per heavy atom. The molecule has 2 N–H and O–H groups in total. The Labute approximate surface area is 163 Å². The van der Waals surface area contributed by atoms with E-state index in [0.717, 1.165) is 50.5 Å². The van der Waals surface area contributed by atoms with Crippen LogP contribution in [0.25, 0.3) is 0 Å². The van der Waals surface area contributed by atoms with E-state index in [0.29, 0.717) is 26.4 Å². The molecule has 5 heteroatoms. The van der Waals surface area contributed by atoms with E-state index in [-0.39, 0.29) is 0 Å². The van der Waals surface area contributed by atoms with Gasteiger partial charge in [0.25, 0.3) is 0 Å². The third kappa shape index (κ3) is 11.3. The lowest BCUT2D eigenvalue weighted by molar-refractivity contribution is 0.0145. The van der Waals surface area contributed by atoms with Gasteiger partial charge in [0, 0.05) is 37.7 Å². The summed E-state index contributed by atoms with van der Waals surface area (Å²) in [4.78, 5) is 0. The normalized spacial score (nSPS) is 10.7. The van der Waals surface area contributed by atoms with Crippen LogP contribution in [-0.2, 0) is 14.2 Å². The van der Waals surface area contributed by atoms with Crippen molar-refractivity contribution in [2.24, 2.45) is 0 Å². The second-order valence-electron chi connectivity index (χ2n) is 6.13. The van der Waals surface area contributed by atoms with Crippen molar-refractivity contribution in [3.63, 3.8) is 0 Å². The zero-order valence-corrected chi connectivity index (χ0v) is 16.1. The number of para-hydroxylation sites is 2. The van der Waals surface area contributed by atoms with Crippen LogP contribution < -0.4 is 10.6 Å². The molecule has 0 heterocycles. The molecule has 0 spiro atoms. The maximum absolute atomic E-state index is 5.56. The molecule has 0 fully saturated rings. The Morgan fingerprint density at radius 2 is 0.852 bits per heavy atom. The maximum atomic E-state index is 5.56. The highest BCUT2D eigenvalue weighted by molar-refractivity contribution is 5.42. The second-order valence-corrected chi connectivity index (χ2v) is 6.13. The number of hydrogen-bond acceptors (Lipinski definition) is 5. The first kappa shape index (κ1) is 21.2. The molecule has 0 aliphatic heterocycles. The van der Waals surface area contributed by atoms with Crippen LogP contribution >= 0.6 is 0 Å². The van der Waals surface area contributed by atoms with Crippen LogP contribution in [0.1, 0.15) is 12.8 Å². The van der Waals surface area contributed by atoms with Crippen molar-refractivity contribution in [1.82, 2.24) is 0 Å². The van der Waals surface area contributed by atoms with Gasteiger partial charge in [-0.25, -0.2) is 0 Å². The molecule has 2 aromatic rings. The summed E-state index contributed by atoms with van der Waals surface area (Å²) >= 11 is 0. The number of rotatable bonds is 16. The molecule has 148 valence electrons. The van der Waals surface area contributed by atoms with Crippen LogP contribution in [0, 0.1) is 0 Å². The molecule has 0 aromatic heterocycles. The summed E-state index contributed by atoms with van der Waals surface area (Å²) < 4.78 is 16.6. The molecule has 0 aliphatic rings. The van der Waals surface area contributed by atoms with Gasteiger partial charge in [-0.15, -0.1) is 0 Å². The van der Waals surface area contributed by atoms with E-state index >= 15 is 0 Å². The van der Waals surface area contributed by atoms with E-state index in [1.54, 1.807) is 0 Å². The van der Waals surface area contributed by atoms with Gasteiger partial charge >= 0.3 is 0 Å². The lowest BCUT2D eigenvalue weighted by Crippen LogP contribution is -2.12. The van der Waals surface area contributed by atoms with Gasteiger partial charge in [0.05, 0.1) is 26.4 Å². The molecule has 0 atom stereocenters. The molecule has 2 aromatic carbocycles. The van der Waals surface area contributed by atoms with Gasteiger partial charge in [-0.1, -0.05) is 36.4 Å². The summed E-state index contributed by atoms with van der Waals surface area (Å²) in [7, 11) is 0. The quantitative estimate of drug-likeness (QED) is 0.436. The minimum Gasteiger partial charge on any atom is -0.385 e. The van der Waals surface area contributed by atoms with Crippen molar-refractivity contribution in [2.45, 2.75) is 12.8 Å². The van der Waals surface area contributed by atoms with Crippen molar-refractivity contribution in [3.8, 4) is 0 Å². The fourth-order valence-electron chi connectivity index (χ4n) is 2.47. The number of benzene rings is 2. The Balaban J connectivity index is 1.26. The molecule has 5 nitrogen and oxygen atoms in total. The lowest BCUT2D eigenvalue weighted by atomic mass is 10.3. The summed E-state index contributed by atoms with van der Waals surface area (Å²) in [6, 6.07) is 20.4. The minimum absolute atomic E-state index is 0.616. The highest BCUT2D eigenvalue weighted by Gasteiger charge is 1.94. The first-order valence-electron chi connectivity index (χ1n) is 9.76. The lowest BCUT2D eigenvalue weighted by Gasteiger charge is -2.08.